The van der Waals surface area contributed by atoms with Gasteiger partial charge in [-0.05, 0) is 25.5 Å². The van der Waals surface area contributed by atoms with E-state index in [2.05, 4.69) is 16.9 Å². The van der Waals surface area contributed by atoms with Crippen molar-refractivity contribution in [3.63, 3.8) is 0 Å². The van der Waals surface area contributed by atoms with Gasteiger partial charge in [0.25, 0.3) is 0 Å². The highest BCUT2D eigenvalue weighted by Crippen LogP contribution is 2.37. The van der Waals surface area contributed by atoms with E-state index in [-0.39, 0.29) is 11.8 Å². The van der Waals surface area contributed by atoms with E-state index in [9.17, 15) is 13.2 Å². The molecule has 1 aromatic carbocycles. The van der Waals surface area contributed by atoms with E-state index in [0.717, 1.165) is 37.4 Å². The zero-order chi connectivity index (χ0) is 19.2. The van der Waals surface area contributed by atoms with Crippen LogP contribution >= 0.6 is 0 Å². The lowest BCUT2D eigenvalue weighted by atomic mass is 10.2. The third-order valence-corrected chi connectivity index (χ3v) is 4.02. The number of anilines is 2. The Morgan fingerprint density at radius 3 is 2.38 bits per heavy atom. The Bertz CT molecular complexity index is 702. The summed E-state index contributed by atoms with van der Waals surface area (Å²) < 4.78 is 45.5. The third-order valence-electron chi connectivity index (χ3n) is 4.02. The molecule has 0 radical (unpaired) electrons. The fourth-order valence-corrected chi connectivity index (χ4v) is 2.47. The van der Waals surface area contributed by atoms with E-state index in [4.69, 9.17) is 4.74 Å². The minimum atomic E-state index is -4.55. The van der Waals surface area contributed by atoms with Crippen LogP contribution in [0.3, 0.4) is 0 Å². The van der Waals surface area contributed by atoms with E-state index in [1.54, 1.807) is 19.2 Å². The number of ether oxygens (including phenoxy) is 1. The Morgan fingerprint density at radius 1 is 1.08 bits per heavy atom. The summed E-state index contributed by atoms with van der Waals surface area (Å²) in [6.45, 7) is 4.41. The number of nitrogens with zero attached hydrogens (tertiary/aromatic N) is 3. The van der Waals surface area contributed by atoms with Gasteiger partial charge in [-0.15, -0.1) is 0 Å². The number of hydrogen-bond acceptors (Lipinski definition) is 4. The largest absolute Gasteiger partial charge is 0.463 e. The Morgan fingerprint density at radius 2 is 1.77 bits per heavy atom. The molecular weight excluding hydrogens is 343 g/mol. The van der Waals surface area contributed by atoms with Gasteiger partial charge in [-0.25, -0.2) is 4.98 Å². The molecule has 142 valence electrons. The Balaban J connectivity index is 2.25. The highest BCUT2D eigenvalue weighted by Gasteiger charge is 2.36. The molecule has 0 aliphatic heterocycles. The molecule has 1 heterocycles. The molecule has 0 aliphatic carbocycles. The molecule has 0 bridgehead atoms. The second kappa shape index (κ2) is 8.87. The standard InChI is InChI=1S/C19H24F3N3O/c1-4-5-6-7-12-26-18-23-13-16(19(20,21)22)17(24-18)25(3)15-10-8-14(2)9-11-15/h8-11,13H,4-7,12H2,1-3H3. The van der Waals surface area contributed by atoms with Crippen LogP contribution in [0.4, 0.5) is 24.7 Å². The number of hydrogen-bond donors (Lipinski definition) is 0. The van der Waals surface area contributed by atoms with Crippen molar-refractivity contribution in [1.82, 2.24) is 9.97 Å². The molecular formula is C19H24F3N3O. The fourth-order valence-electron chi connectivity index (χ4n) is 2.47. The summed E-state index contributed by atoms with van der Waals surface area (Å²) in [6.07, 6.45) is 0.262. The molecule has 0 saturated carbocycles. The highest BCUT2D eigenvalue weighted by molar-refractivity contribution is 5.63. The second-order valence-corrected chi connectivity index (χ2v) is 6.19. The number of aryl methyl sites for hydroxylation is 1. The van der Waals surface area contributed by atoms with E-state index < -0.39 is 11.7 Å². The lowest BCUT2D eigenvalue weighted by Crippen LogP contribution is -2.19. The lowest BCUT2D eigenvalue weighted by Gasteiger charge is -2.22. The summed E-state index contributed by atoms with van der Waals surface area (Å²) in [5.74, 6) is -0.222. The molecule has 0 N–H and O–H groups in total. The maximum atomic E-state index is 13.4. The van der Waals surface area contributed by atoms with Crippen LogP contribution in [0, 0.1) is 6.92 Å². The third kappa shape index (κ3) is 5.34. The van der Waals surface area contributed by atoms with Crippen molar-refractivity contribution < 1.29 is 17.9 Å². The van der Waals surface area contributed by atoms with Crippen LogP contribution in [0.5, 0.6) is 6.01 Å². The highest BCUT2D eigenvalue weighted by atomic mass is 19.4. The van der Waals surface area contributed by atoms with Crippen molar-refractivity contribution in [2.75, 3.05) is 18.6 Å². The first-order valence-electron chi connectivity index (χ1n) is 8.70. The quantitative estimate of drug-likeness (QED) is 0.575. The minimum absolute atomic E-state index is 0.0385. The predicted molar refractivity (Wildman–Crippen MR) is 95.9 cm³/mol. The van der Waals surface area contributed by atoms with Crippen LogP contribution in [0.25, 0.3) is 0 Å². The molecule has 2 aromatic rings. The molecule has 0 amide bonds. The summed E-state index contributed by atoms with van der Waals surface area (Å²) in [7, 11) is 1.55. The van der Waals surface area contributed by atoms with E-state index in [1.807, 2.05) is 19.1 Å². The first-order valence-corrected chi connectivity index (χ1v) is 8.70. The molecule has 0 unspecified atom stereocenters. The molecule has 0 aliphatic rings. The van der Waals surface area contributed by atoms with Crippen molar-refractivity contribution in [3.8, 4) is 6.01 Å². The van der Waals surface area contributed by atoms with E-state index in [1.165, 1.54) is 4.90 Å². The first kappa shape index (κ1) is 20.0. The van der Waals surface area contributed by atoms with Crippen molar-refractivity contribution >= 4 is 11.5 Å². The van der Waals surface area contributed by atoms with Gasteiger partial charge in [-0.1, -0.05) is 43.9 Å². The van der Waals surface area contributed by atoms with Gasteiger partial charge in [0.1, 0.15) is 5.56 Å². The molecule has 7 heteroatoms. The summed E-state index contributed by atoms with van der Waals surface area (Å²) in [4.78, 5) is 9.16. The van der Waals surface area contributed by atoms with Crippen molar-refractivity contribution in [1.29, 1.82) is 0 Å². The number of alkyl halides is 3. The normalized spacial score (nSPS) is 11.5. The Labute approximate surface area is 152 Å². The SMILES string of the molecule is CCCCCCOc1ncc(C(F)(F)F)c(N(C)c2ccc(C)cc2)n1. The van der Waals surface area contributed by atoms with Crippen LogP contribution in [0.2, 0.25) is 0 Å². The monoisotopic (exact) mass is 367 g/mol. The number of rotatable bonds is 8. The van der Waals surface area contributed by atoms with Gasteiger partial charge in [-0.2, -0.15) is 18.2 Å². The molecule has 1 aromatic heterocycles. The van der Waals surface area contributed by atoms with Gasteiger partial charge in [0.05, 0.1) is 6.61 Å². The van der Waals surface area contributed by atoms with Gasteiger partial charge >= 0.3 is 12.2 Å². The Hall–Kier alpha value is -2.31. The van der Waals surface area contributed by atoms with Crippen molar-refractivity contribution in [2.45, 2.75) is 45.7 Å². The molecule has 26 heavy (non-hydrogen) atoms. The van der Waals surface area contributed by atoms with Gasteiger partial charge < -0.3 is 9.64 Å². The second-order valence-electron chi connectivity index (χ2n) is 6.19. The fraction of sp³-hybridized carbons (Fsp3) is 0.474. The molecule has 2 rings (SSSR count). The maximum Gasteiger partial charge on any atom is 0.421 e. The van der Waals surface area contributed by atoms with E-state index >= 15 is 0 Å². The van der Waals surface area contributed by atoms with Gasteiger partial charge in [0.15, 0.2) is 5.82 Å². The molecule has 0 atom stereocenters. The predicted octanol–water partition coefficient (Wildman–Crippen LogP) is 5.53. The van der Waals surface area contributed by atoms with Crippen molar-refractivity contribution in [2.24, 2.45) is 0 Å². The summed E-state index contributed by atoms with van der Waals surface area (Å²) in [5, 5.41) is 0. The summed E-state index contributed by atoms with van der Waals surface area (Å²) >= 11 is 0. The molecule has 4 nitrogen and oxygen atoms in total. The average Bonchev–Trinajstić information content (AvgIpc) is 2.60. The summed E-state index contributed by atoms with van der Waals surface area (Å²) in [6, 6.07) is 7.14. The first-order chi connectivity index (χ1) is 12.3. The van der Waals surface area contributed by atoms with E-state index in [0.29, 0.717) is 12.3 Å². The molecule has 0 saturated heterocycles. The zero-order valence-corrected chi connectivity index (χ0v) is 15.3. The van der Waals surface area contributed by atoms with Gasteiger partial charge in [0, 0.05) is 18.9 Å². The van der Waals surface area contributed by atoms with Crippen LogP contribution in [-0.4, -0.2) is 23.6 Å². The van der Waals surface area contributed by atoms with Gasteiger partial charge in [0.2, 0.25) is 0 Å². The smallest absolute Gasteiger partial charge is 0.421 e. The number of unbranched alkanes of at least 4 members (excludes halogenated alkanes) is 3. The Kier molecular flexibility index (Phi) is 6.83. The number of aromatic nitrogens is 2. The molecule has 0 fully saturated rings. The van der Waals surface area contributed by atoms with Crippen LogP contribution in [-0.2, 0) is 6.18 Å². The van der Waals surface area contributed by atoms with Crippen molar-refractivity contribution in [3.05, 3.63) is 41.6 Å². The van der Waals surface area contributed by atoms with Crippen LogP contribution < -0.4 is 9.64 Å². The topological polar surface area (TPSA) is 38.2 Å². The number of benzene rings is 1. The lowest BCUT2D eigenvalue weighted by molar-refractivity contribution is -0.137. The molecule has 0 spiro atoms. The van der Waals surface area contributed by atoms with Gasteiger partial charge in [-0.3, -0.25) is 0 Å². The minimum Gasteiger partial charge on any atom is -0.463 e. The maximum absolute atomic E-state index is 13.4. The van der Waals surface area contributed by atoms with Crippen LogP contribution in [0.15, 0.2) is 30.5 Å². The van der Waals surface area contributed by atoms with Crippen LogP contribution in [0.1, 0.15) is 43.7 Å². The summed E-state index contributed by atoms with van der Waals surface area (Å²) in [5.41, 5.74) is 0.740. The number of halogens is 3. The zero-order valence-electron chi connectivity index (χ0n) is 15.3. The average molecular weight is 367 g/mol.